The summed E-state index contributed by atoms with van der Waals surface area (Å²) in [6.07, 6.45) is 5.86. The van der Waals surface area contributed by atoms with Gasteiger partial charge < -0.3 is 4.90 Å². The summed E-state index contributed by atoms with van der Waals surface area (Å²) in [6.45, 7) is 13.8. The highest BCUT2D eigenvalue weighted by molar-refractivity contribution is 6.16. The average Bonchev–Trinajstić information content (AvgIpc) is 2.78. The molecule has 1 aliphatic rings. The van der Waals surface area contributed by atoms with E-state index in [2.05, 4.69) is 42.2 Å². The molecule has 0 aromatic carbocycles. The molecule has 96 valence electrons. The molecule has 0 spiro atoms. The molecule has 0 amide bonds. The molecule has 0 bridgehead atoms. The van der Waals surface area contributed by atoms with Gasteiger partial charge >= 0.3 is 0 Å². The first kappa shape index (κ1) is 13.9. The summed E-state index contributed by atoms with van der Waals surface area (Å²) in [6, 6.07) is 0. The lowest BCUT2D eigenvalue weighted by Crippen LogP contribution is -2.20. The fraction of sp³-hybridized carbons (Fsp3) is 0.714. The van der Waals surface area contributed by atoms with Crippen molar-refractivity contribution in [2.75, 3.05) is 19.6 Å². The third-order valence-corrected chi connectivity index (χ3v) is 3.28. The Morgan fingerprint density at radius 2 is 2.24 bits per heavy atom. The van der Waals surface area contributed by atoms with Gasteiger partial charge in [-0.25, -0.2) is 4.99 Å². The zero-order valence-corrected chi connectivity index (χ0v) is 11.4. The van der Waals surface area contributed by atoms with E-state index in [9.17, 15) is 0 Å². The zero-order valence-electron chi connectivity index (χ0n) is 11.4. The highest BCUT2D eigenvalue weighted by atomic mass is 15.2. The molecule has 1 saturated heterocycles. The van der Waals surface area contributed by atoms with Gasteiger partial charge in [-0.2, -0.15) is 0 Å². The lowest BCUT2D eigenvalue weighted by molar-refractivity contribution is 0.356. The molecule has 0 aromatic heterocycles. The van der Waals surface area contributed by atoms with Gasteiger partial charge in [0.05, 0.1) is 0 Å². The van der Waals surface area contributed by atoms with Gasteiger partial charge in [0, 0.05) is 32.1 Å². The van der Waals surface area contributed by atoms with Crippen molar-refractivity contribution in [3.63, 3.8) is 0 Å². The van der Waals surface area contributed by atoms with E-state index in [0.717, 1.165) is 43.7 Å². The summed E-state index contributed by atoms with van der Waals surface area (Å²) < 4.78 is 0. The molecule has 3 heteroatoms. The second kappa shape index (κ2) is 7.25. The Morgan fingerprint density at radius 1 is 1.47 bits per heavy atom. The van der Waals surface area contributed by atoms with Crippen LogP contribution >= 0.6 is 0 Å². The minimum Gasteiger partial charge on any atom is -0.357 e. The number of hydrogen-bond donors (Lipinski definition) is 0. The summed E-state index contributed by atoms with van der Waals surface area (Å²) in [5.41, 5.74) is 0. The number of hydrogen-bond acceptors (Lipinski definition) is 3. The molecule has 0 radical (unpaired) electrons. The molecular weight excluding hydrogens is 210 g/mol. The maximum absolute atomic E-state index is 4.33. The third kappa shape index (κ3) is 4.72. The van der Waals surface area contributed by atoms with Gasteiger partial charge in [-0.1, -0.05) is 27.4 Å². The van der Waals surface area contributed by atoms with Crippen LogP contribution in [-0.4, -0.2) is 37.0 Å². The smallest absolute Gasteiger partial charge is 0.121 e. The van der Waals surface area contributed by atoms with Gasteiger partial charge in [0.1, 0.15) is 5.82 Å². The molecule has 1 rings (SSSR count). The van der Waals surface area contributed by atoms with Crippen LogP contribution in [0.15, 0.2) is 22.4 Å². The zero-order chi connectivity index (χ0) is 12.7. The first-order valence-electron chi connectivity index (χ1n) is 6.61. The molecule has 1 fully saturated rings. The molecule has 1 atom stereocenters. The Bertz CT molecular complexity index is 292. The Labute approximate surface area is 105 Å². The Morgan fingerprint density at radius 3 is 2.82 bits per heavy atom. The molecule has 0 N–H and O–H groups in total. The SMILES string of the molecule is C=C(/N=C\C=N/CCC)N1CCC(C(C)C)C1. The van der Waals surface area contributed by atoms with E-state index in [0.29, 0.717) is 0 Å². The van der Waals surface area contributed by atoms with Crippen LogP contribution in [0, 0.1) is 11.8 Å². The van der Waals surface area contributed by atoms with Crippen molar-refractivity contribution in [2.45, 2.75) is 33.6 Å². The van der Waals surface area contributed by atoms with Crippen LogP contribution in [0.3, 0.4) is 0 Å². The van der Waals surface area contributed by atoms with Crippen LogP contribution in [0.2, 0.25) is 0 Å². The van der Waals surface area contributed by atoms with Crippen molar-refractivity contribution < 1.29 is 0 Å². The Balaban J connectivity index is 2.34. The highest BCUT2D eigenvalue weighted by Crippen LogP contribution is 2.25. The van der Waals surface area contributed by atoms with E-state index >= 15 is 0 Å². The van der Waals surface area contributed by atoms with Gasteiger partial charge in [0.25, 0.3) is 0 Å². The van der Waals surface area contributed by atoms with Gasteiger partial charge in [-0.15, -0.1) is 0 Å². The van der Waals surface area contributed by atoms with Crippen LogP contribution in [-0.2, 0) is 0 Å². The molecule has 1 aliphatic heterocycles. The summed E-state index contributed by atoms with van der Waals surface area (Å²) >= 11 is 0. The van der Waals surface area contributed by atoms with Gasteiger partial charge in [0.2, 0.25) is 0 Å². The molecule has 0 saturated carbocycles. The number of rotatable bonds is 6. The van der Waals surface area contributed by atoms with E-state index < -0.39 is 0 Å². The summed E-state index contributed by atoms with van der Waals surface area (Å²) in [5, 5.41) is 0. The van der Waals surface area contributed by atoms with Crippen molar-refractivity contribution in [3.05, 3.63) is 12.4 Å². The second-order valence-electron chi connectivity index (χ2n) is 4.99. The van der Waals surface area contributed by atoms with Crippen molar-refractivity contribution in [1.29, 1.82) is 0 Å². The Hall–Kier alpha value is -1.12. The maximum Gasteiger partial charge on any atom is 0.121 e. The van der Waals surface area contributed by atoms with Crippen LogP contribution in [0.1, 0.15) is 33.6 Å². The van der Waals surface area contributed by atoms with Crippen LogP contribution in [0.5, 0.6) is 0 Å². The van der Waals surface area contributed by atoms with Gasteiger partial charge in [0.15, 0.2) is 0 Å². The van der Waals surface area contributed by atoms with E-state index in [1.165, 1.54) is 6.42 Å². The van der Waals surface area contributed by atoms with Crippen LogP contribution in [0.25, 0.3) is 0 Å². The molecular formula is C14H25N3. The summed E-state index contributed by atoms with van der Waals surface area (Å²) in [4.78, 5) is 10.8. The lowest BCUT2D eigenvalue weighted by Gasteiger charge is -2.18. The third-order valence-electron chi connectivity index (χ3n) is 3.28. The Kier molecular flexibility index (Phi) is 5.95. The summed E-state index contributed by atoms with van der Waals surface area (Å²) in [5.74, 6) is 2.41. The topological polar surface area (TPSA) is 28.0 Å². The number of aliphatic imine (C=N–C) groups is 2. The van der Waals surface area contributed by atoms with E-state index in [1.807, 2.05) is 0 Å². The fourth-order valence-electron chi connectivity index (χ4n) is 2.02. The van der Waals surface area contributed by atoms with Crippen molar-refractivity contribution in [3.8, 4) is 0 Å². The first-order chi connectivity index (χ1) is 8.15. The second-order valence-corrected chi connectivity index (χ2v) is 4.99. The van der Waals surface area contributed by atoms with E-state index in [4.69, 9.17) is 0 Å². The largest absolute Gasteiger partial charge is 0.357 e. The number of likely N-dealkylation sites (tertiary alicyclic amines) is 1. The molecule has 1 unspecified atom stereocenters. The van der Waals surface area contributed by atoms with Gasteiger partial charge in [-0.05, 0) is 24.7 Å². The molecule has 3 nitrogen and oxygen atoms in total. The minimum absolute atomic E-state index is 0.753. The first-order valence-corrected chi connectivity index (χ1v) is 6.61. The molecule has 17 heavy (non-hydrogen) atoms. The predicted octanol–water partition coefficient (Wildman–Crippen LogP) is 2.99. The quantitative estimate of drug-likeness (QED) is 0.650. The van der Waals surface area contributed by atoms with Crippen molar-refractivity contribution in [1.82, 2.24) is 4.90 Å². The van der Waals surface area contributed by atoms with Crippen LogP contribution in [0.4, 0.5) is 0 Å². The van der Waals surface area contributed by atoms with Crippen molar-refractivity contribution >= 4 is 12.4 Å². The fourth-order valence-corrected chi connectivity index (χ4v) is 2.02. The standard InChI is InChI=1S/C14H25N3/c1-5-7-15-8-9-16-13(4)17-10-6-14(11-17)12(2)3/h8-9,12,14H,4-7,10-11H2,1-3H3/b15-8-,16-9-. The molecule has 1 heterocycles. The van der Waals surface area contributed by atoms with Crippen LogP contribution < -0.4 is 0 Å². The lowest BCUT2D eigenvalue weighted by atomic mass is 9.95. The molecule has 0 aromatic rings. The highest BCUT2D eigenvalue weighted by Gasteiger charge is 2.25. The summed E-state index contributed by atoms with van der Waals surface area (Å²) in [7, 11) is 0. The minimum atomic E-state index is 0.753. The van der Waals surface area contributed by atoms with E-state index in [1.54, 1.807) is 12.4 Å². The van der Waals surface area contributed by atoms with Crippen molar-refractivity contribution in [2.24, 2.45) is 21.8 Å². The predicted molar refractivity (Wildman–Crippen MR) is 75.8 cm³/mol. The number of nitrogens with zero attached hydrogens (tertiary/aromatic N) is 3. The normalized spacial score (nSPS) is 21.2. The van der Waals surface area contributed by atoms with E-state index in [-0.39, 0.29) is 0 Å². The van der Waals surface area contributed by atoms with Gasteiger partial charge in [-0.3, -0.25) is 4.99 Å². The average molecular weight is 235 g/mol. The maximum atomic E-state index is 4.33. The monoisotopic (exact) mass is 235 g/mol. The molecule has 0 aliphatic carbocycles.